The molecule has 0 amide bonds. The molecule has 0 bridgehead atoms. The van der Waals surface area contributed by atoms with Crippen LogP contribution in [0.4, 0.5) is 0 Å². The molecule has 4 heteroatoms. The minimum Gasteiger partial charge on any atom is -1.00 e. The van der Waals surface area contributed by atoms with Crippen LogP contribution in [0.2, 0.25) is 0 Å². The van der Waals surface area contributed by atoms with Crippen molar-refractivity contribution in [3.63, 3.8) is 0 Å². The van der Waals surface area contributed by atoms with Gasteiger partial charge in [-0.25, -0.2) is 0 Å². The lowest BCUT2D eigenvalue weighted by Crippen LogP contribution is -3.00. The maximum Gasteiger partial charge on any atom is 0.175 e. The van der Waals surface area contributed by atoms with Crippen LogP contribution in [0.1, 0.15) is 0 Å². The third-order valence-corrected chi connectivity index (χ3v) is 2.46. The molecule has 0 spiro atoms. The number of rotatable bonds is 3. The first-order valence-corrected chi connectivity index (χ1v) is 5.10. The van der Waals surface area contributed by atoms with Gasteiger partial charge in [0.05, 0.1) is 0 Å². The van der Waals surface area contributed by atoms with E-state index in [0.717, 1.165) is 0 Å². The smallest absolute Gasteiger partial charge is 0.175 e. The molecule has 0 aliphatic rings. The number of nitrogens with zero attached hydrogens (tertiary/aromatic N) is 2. The van der Waals surface area contributed by atoms with Gasteiger partial charge in [0.1, 0.15) is 0 Å². The molecule has 0 fully saturated rings. The Morgan fingerprint density at radius 1 is 0.667 bits per heavy atom. The van der Waals surface area contributed by atoms with Gasteiger partial charge in [0.2, 0.25) is 0 Å². The SMILES string of the molecule is C=C[n+]1ccc(-c2cc[n+](C=C)cc2)cc1.[Br-].[Br-]. The van der Waals surface area contributed by atoms with Crippen molar-refractivity contribution >= 4 is 12.4 Å². The maximum absolute atomic E-state index is 3.70. The molecule has 2 nitrogen and oxygen atoms in total. The maximum atomic E-state index is 3.70. The molecule has 0 saturated heterocycles. The molecule has 0 aliphatic carbocycles. The van der Waals surface area contributed by atoms with E-state index in [4.69, 9.17) is 0 Å². The van der Waals surface area contributed by atoms with Gasteiger partial charge < -0.3 is 34.0 Å². The van der Waals surface area contributed by atoms with E-state index in [9.17, 15) is 0 Å². The summed E-state index contributed by atoms with van der Waals surface area (Å²) < 4.78 is 3.83. The summed E-state index contributed by atoms with van der Waals surface area (Å²) in [5, 5.41) is 0. The first-order chi connectivity index (χ1) is 7.83. The lowest BCUT2D eigenvalue weighted by Gasteiger charge is -1.97. The summed E-state index contributed by atoms with van der Waals surface area (Å²) >= 11 is 0. The first-order valence-electron chi connectivity index (χ1n) is 5.10. The van der Waals surface area contributed by atoms with Gasteiger partial charge in [-0.1, -0.05) is 0 Å². The molecule has 94 valence electrons. The zero-order valence-corrected chi connectivity index (χ0v) is 13.0. The Morgan fingerprint density at radius 3 is 1.17 bits per heavy atom. The monoisotopic (exact) mass is 368 g/mol. The molecular weight excluding hydrogens is 356 g/mol. The highest BCUT2D eigenvalue weighted by Crippen LogP contribution is 2.15. The molecular formula is C14H14Br2N2. The van der Waals surface area contributed by atoms with Crippen LogP contribution in [-0.4, -0.2) is 0 Å². The summed E-state index contributed by atoms with van der Waals surface area (Å²) in [7, 11) is 0. The molecule has 2 aromatic rings. The summed E-state index contributed by atoms with van der Waals surface area (Å²) in [5.41, 5.74) is 2.38. The summed E-state index contributed by atoms with van der Waals surface area (Å²) in [6.45, 7) is 7.41. The molecule has 2 aromatic heterocycles. The molecule has 0 aromatic carbocycles. The Bertz CT molecular complexity index is 455. The average molecular weight is 370 g/mol. The van der Waals surface area contributed by atoms with Crippen molar-refractivity contribution in [3.05, 3.63) is 62.2 Å². The van der Waals surface area contributed by atoms with E-state index in [-0.39, 0.29) is 34.0 Å². The molecule has 2 rings (SSSR count). The van der Waals surface area contributed by atoms with Crippen LogP contribution in [-0.2, 0) is 0 Å². The van der Waals surface area contributed by atoms with Crippen LogP contribution in [0.3, 0.4) is 0 Å². The summed E-state index contributed by atoms with van der Waals surface area (Å²) in [6.07, 6.45) is 11.5. The molecule has 18 heavy (non-hydrogen) atoms. The average Bonchev–Trinajstić information content (AvgIpc) is 2.39. The molecule has 0 saturated carbocycles. The van der Waals surface area contributed by atoms with E-state index in [2.05, 4.69) is 37.4 Å². The number of aromatic nitrogens is 2. The Balaban J connectivity index is 0.00000144. The van der Waals surface area contributed by atoms with E-state index in [1.54, 1.807) is 12.4 Å². The minimum absolute atomic E-state index is 0. The van der Waals surface area contributed by atoms with Crippen LogP contribution in [0, 0.1) is 0 Å². The highest BCUT2D eigenvalue weighted by Gasteiger charge is 2.02. The van der Waals surface area contributed by atoms with Crippen molar-refractivity contribution < 1.29 is 43.1 Å². The Morgan fingerprint density at radius 2 is 0.944 bits per heavy atom. The third kappa shape index (κ3) is 3.89. The van der Waals surface area contributed by atoms with Crippen molar-refractivity contribution in [2.45, 2.75) is 0 Å². The number of halogens is 2. The predicted molar refractivity (Wildman–Crippen MR) is 65.0 cm³/mol. The summed E-state index contributed by atoms with van der Waals surface area (Å²) in [5.74, 6) is 0. The van der Waals surface area contributed by atoms with Crippen LogP contribution in [0.15, 0.2) is 62.2 Å². The Hall–Kier alpha value is -1.26. The first kappa shape index (κ1) is 16.7. The van der Waals surface area contributed by atoms with Crippen LogP contribution in [0.5, 0.6) is 0 Å². The fraction of sp³-hybridized carbons (Fsp3) is 0. The van der Waals surface area contributed by atoms with Crippen molar-refractivity contribution in [1.29, 1.82) is 0 Å². The van der Waals surface area contributed by atoms with Gasteiger partial charge in [-0.15, -0.1) is 0 Å². The number of hydrogen-bond donors (Lipinski definition) is 0. The zero-order valence-electron chi connectivity index (χ0n) is 9.84. The second kappa shape index (κ2) is 7.95. The van der Waals surface area contributed by atoms with Gasteiger partial charge in [-0.3, -0.25) is 0 Å². The van der Waals surface area contributed by atoms with Crippen LogP contribution < -0.4 is 43.1 Å². The second-order valence-corrected chi connectivity index (χ2v) is 3.43. The molecule has 2 heterocycles. The van der Waals surface area contributed by atoms with Crippen molar-refractivity contribution in [2.75, 3.05) is 0 Å². The van der Waals surface area contributed by atoms with E-state index >= 15 is 0 Å². The minimum atomic E-state index is 0. The van der Waals surface area contributed by atoms with Gasteiger partial charge in [0.15, 0.2) is 37.2 Å². The van der Waals surface area contributed by atoms with E-state index in [1.165, 1.54) is 11.1 Å². The van der Waals surface area contributed by atoms with Gasteiger partial charge in [0, 0.05) is 24.3 Å². The molecule has 0 aliphatic heterocycles. The molecule has 0 N–H and O–H groups in total. The van der Waals surface area contributed by atoms with E-state index in [0.29, 0.717) is 0 Å². The highest BCUT2D eigenvalue weighted by molar-refractivity contribution is 5.61. The quantitative estimate of drug-likeness (QED) is 0.489. The van der Waals surface area contributed by atoms with Gasteiger partial charge in [-0.05, 0) is 24.3 Å². The van der Waals surface area contributed by atoms with E-state index in [1.807, 2.05) is 33.9 Å². The topological polar surface area (TPSA) is 7.76 Å². The highest BCUT2D eigenvalue weighted by atomic mass is 79.9. The Kier molecular flexibility index (Phi) is 7.39. The molecule has 0 radical (unpaired) electrons. The third-order valence-electron chi connectivity index (χ3n) is 2.46. The molecule has 0 unspecified atom stereocenters. The zero-order chi connectivity index (χ0) is 11.4. The van der Waals surface area contributed by atoms with Gasteiger partial charge in [-0.2, -0.15) is 9.13 Å². The summed E-state index contributed by atoms with van der Waals surface area (Å²) in [6, 6.07) is 8.26. The van der Waals surface area contributed by atoms with Crippen molar-refractivity contribution in [1.82, 2.24) is 0 Å². The largest absolute Gasteiger partial charge is 1.00 e. The van der Waals surface area contributed by atoms with Crippen molar-refractivity contribution in [3.8, 4) is 11.1 Å². The summed E-state index contributed by atoms with van der Waals surface area (Å²) in [4.78, 5) is 0. The fourth-order valence-electron chi connectivity index (χ4n) is 1.50. The number of pyridine rings is 2. The second-order valence-electron chi connectivity index (χ2n) is 3.43. The normalized spacial score (nSPS) is 8.67. The lowest BCUT2D eigenvalue weighted by atomic mass is 10.1. The molecule has 0 atom stereocenters. The van der Waals surface area contributed by atoms with Crippen molar-refractivity contribution in [2.24, 2.45) is 0 Å². The lowest BCUT2D eigenvalue weighted by molar-refractivity contribution is -0.568. The predicted octanol–water partition coefficient (Wildman–Crippen LogP) is -3.86. The number of hydrogen-bond acceptors (Lipinski definition) is 0. The van der Waals surface area contributed by atoms with Gasteiger partial charge in [0.25, 0.3) is 0 Å². The van der Waals surface area contributed by atoms with Crippen LogP contribution in [0.25, 0.3) is 23.5 Å². The van der Waals surface area contributed by atoms with E-state index < -0.39 is 0 Å². The standard InChI is InChI=1S/C14H14N2.2BrH/c1-3-15-9-5-13(6-10-15)14-7-11-16(4-2)12-8-14;;/h3-12H,1-2H2;2*1H/q+2;;/p-2. The van der Waals surface area contributed by atoms with Gasteiger partial charge >= 0.3 is 0 Å². The van der Waals surface area contributed by atoms with Crippen LogP contribution >= 0.6 is 0 Å². The fourth-order valence-corrected chi connectivity index (χ4v) is 1.50. The Labute approximate surface area is 128 Å².